The normalized spacial score (nSPS) is 12.0. The van der Waals surface area contributed by atoms with E-state index in [1.165, 1.54) is 11.3 Å². The Morgan fingerprint density at radius 3 is 2.48 bits per heavy atom. The van der Waals surface area contributed by atoms with Gasteiger partial charge in [0.05, 0.1) is 0 Å². The van der Waals surface area contributed by atoms with E-state index in [0.29, 0.717) is 10.7 Å². The number of amides is 2. The van der Waals surface area contributed by atoms with Gasteiger partial charge in [-0.25, -0.2) is 0 Å². The zero-order chi connectivity index (χ0) is 18.4. The molecule has 2 aromatic rings. The molecule has 134 valence electrons. The fourth-order valence-corrected chi connectivity index (χ4v) is 3.74. The number of rotatable bonds is 7. The molecule has 0 fully saturated rings. The Morgan fingerprint density at radius 1 is 1.20 bits per heavy atom. The third kappa shape index (κ3) is 5.54. The summed E-state index contributed by atoms with van der Waals surface area (Å²) in [6.45, 7) is 7.76. The highest BCUT2D eigenvalue weighted by molar-refractivity contribution is 8.01. The summed E-state index contributed by atoms with van der Waals surface area (Å²) in [5.74, 6) is 0.267. The van der Waals surface area contributed by atoms with Gasteiger partial charge in [-0.3, -0.25) is 14.9 Å². The van der Waals surface area contributed by atoms with Crippen LogP contribution >= 0.6 is 23.1 Å². The highest BCUT2D eigenvalue weighted by Gasteiger charge is 2.25. The van der Waals surface area contributed by atoms with Crippen molar-refractivity contribution in [3.8, 4) is 0 Å². The maximum absolute atomic E-state index is 12.5. The van der Waals surface area contributed by atoms with Gasteiger partial charge in [0.1, 0.15) is 6.04 Å². The molecule has 1 aromatic carbocycles. The summed E-state index contributed by atoms with van der Waals surface area (Å²) in [6, 6.07) is 6.58. The van der Waals surface area contributed by atoms with Gasteiger partial charge < -0.3 is 5.32 Å². The van der Waals surface area contributed by atoms with Crippen molar-refractivity contribution in [3.63, 3.8) is 0 Å². The fourth-order valence-electron chi connectivity index (χ4n) is 2.09. The number of hydrogen-bond donors (Lipinski definition) is 2. The summed E-state index contributed by atoms with van der Waals surface area (Å²) in [4.78, 5) is 24.9. The molecule has 0 aliphatic carbocycles. The minimum Gasteiger partial charge on any atom is -0.340 e. The Balaban J connectivity index is 2.04. The lowest BCUT2D eigenvalue weighted by Crippen LogP contribution is -2.47. The molecule has 0 bridgehead atoms. The summed E-state index contributed by atoms with van der Waals surface area (Å²) < 4.78 is 0.808. The van der Waals surface area contributed by atoms with Gasteiger partial charge in [-0.1, -0.05) is 61.6 Å². The molecule has 8 heteroatoms. The number of aromatic nitrogens is 2. The second-order valence-electron chi connectivity index (χ2n) is 5.86. The summed E-state index contributed by atoms with van der Waals surface area (Å²) in [5.41, 5.74) is 1.60. The van der Waals surface area contributed by atoms with Gasteiger partial charge in [0.15, 0.2) is 4.34 Å². The number of nitrogens with one attached hydrogen (secondary N) is 2. The van der Waals surface area contributed by atoms with Crippen LogP contribution in [-0.2, 0) is 4.79 Å². The van der Waals surface area contributed by atoms with Gasteiger partial charge in [-0.05, 0) is 30.7 Å². The van der Waals surface area contributed by atoms with E-state index in [9.17, 15) is 9.59 Å². The van der Waals surface area contributed by atoms with Gasteiger partial charge >= 0.3 is 0 Å². The average Bonchev–Trinajstić information content (AvgIpc) is 3.00. The van der Waals surface area contributed by atoms with Gasteiger partial charge in [0.25, 0.3) is 5.91 Å². The third-order valence-electron chi connectivity index (χ3n) is 3.45. The van der Waals surface area contributed by atoms with Gasteiger partial charge in [-0.15, -0.1) is 10.2 Å². The number of nitrogens with zero attached hydrogens (tertiary/aromatic N) is 2. The molecule has 2 rings (SSSR count). The molecular formula is C17H22N4O2S2. The second-order valence-corrected chi connectivity index (χ2v) is 8.35. The monoisotopic (exact) mass is 378 g/mol. The van der Waals surface area contributed by atoms with E-state index in [0.717, 1.165) is 15.7 Å². The summed E-state index contributed by atoms with van der Waals surface area (Å²) in [7, 11) is 0. The molecule has 25 heavy (non-hydrogen) atoms. The number of anilines is 1. The number of hydrogen-bond acceptors (Lipinski definition) is 6. The van der Waals surface area contributed by atoms with E-state index >= 15 is 0 Å². The maximum Gasteiger partial charge on any atom is 0.251 e. The molecular weight excluding hydrogens is 356 g/mol. The van der Waals surface area contributed by atoms with Crippen LogP contribution in [0.4, 0.5) is 5.13 Å². The Labute approximate surface area is 155 Å². The first-order chi connectivity index (χ1) is 11.9. The molecule has 2 N–H and O–H groups in total. The molecule has 2 amide bonds. The van der Waals surface area contributed by atoms with Crippen LogP contribution in [0.3, 0.4) is 0 Å². The molecule has 1 heterocycles. The molecule has 0 spiro atoms. The van der Waals surface area contributed by atoms with Crippen molar-refractivity contribution in [2.45, 2.75) is 38.1 Å². The molecule has 1 atom stereocenters. The predicted octanol–water partition coefficient (Wildman–Crippen LogP) is 3.35. The Kier molecular flexibility index (Phi) is 6.95. The lowest BCUT2D eigenvalue weighted by Gasteiger charge is -2.21. The highest BCUT2D eigenvalue weighted by Crippen LogP contribution is 2.25. The number of aryl methyl sites for hydroxylation is 1. The standard InChI is InChI=1S/C17H22N4O2S2/c1-5-24-17-21-20-16(25-17)19-15(23)13(10(2)3)18-14(22)12-8-6-11(4)7-9-12/h6-10,13H,5H2,1-4H3,(H,18,22)(H,19,20,23). The highest BCUT2D eigenvalue weighted by atomic mass is 32.2. The van der Waals surface area contributed by atoms with E-state index in [1.807, 2.05) is 39.8 Å². The molecule has 0 aliphatic rings. The van der Waals surface area contributed by atoms with E-state index in [1.54, 1.807) is 23.9 Å². The fraction of sp³-hybridized carbons (Fsp3) is 0.412. The van der Waals surface area contributed by atoms with Crippen molar-refractivity contribution >= 4 is 40.0 Å². The first-order valence-electron chi connectivity index (χ1n) is 8.05. The molecule has 0 radical (unpaired) electrons. The van der Waals surface area contributed by atoms with Crippen LogP contribution in [0, 0.1) is 12.8 Å². The zero-order valence-corrected chi connectivity index (χ0v) is 16.3. The largest absolute Gasteiger partial charge is 0.340 e. The topological polar surface area (TPSA) is 84.0 Å². The van der Waals surface area contributed by atoms with Crippen LogP contribution in [0.25, 0.3) is 0 Å². The Hall–Kier alpha value is -1.93. The number of thioether (sulfide) groups is 1. The van der Waals surface area contributed by atoms with E-state index in [4.69, 9.17) is 0 Å². The van der Waals surface area contributed by atoms with Crippen LogP contribution < -0.4 is 10.6 Å². The second kappa shape index (κ2) is 8.96. The number of carbonyl (C=O) groups excluding carboxylic acids is 2. The smallest absolute Gasteiger partial charge is 0.251 e. The first kappa shape index (κ1) is 19.4. The molecule has 0 saturated heterocycles. The predicted molar refractivity (Wildman–Crippen MR) is 102 cm³/mol. The maximum atomic E-state index is 12.5. The summed E-state index contributed by atoms with van der Waals surface area (Å²) in [6.07, 6.45) is 0. The zero-order valence-electron chi connectivity index (χ0n) is 14.7. The molecule has 1 aromatic heterocycles. The van der Waals surface area contributed by atoms with Gasteiger partial charge in [-0.2, -0.15) is 0 Å². The first-order valence-corrected chi connectivity index (χ1v) is 9.85. The quantitative estimate of drug-likeness (QED) is 0.570. The van der Waals surface area contributed by atoms with Crippen LogP contribution in [0.1, 0.15) is 36.7 Å². The molecule has 1 unspecified atom stereocenters. The van der Waals surface area contributed by atoms with Crippen molar-refractivity contribution in [1.82, 2.24) is 15.5 Å². The van der Waals surface area contributed by atoms with Crippen LogP contribution in [0.15, 0.2) is 28.6 Å². The third-order valence-corrected chi connectivity index (χ3v) is 5.31. The number of carbonyl (C=O) groups is 2. The lowest BCUT2D eigenvalue weighted by atomic mass is 10.0. The summed E-state index contributed by atoms with van der Waals surface area (Å²) in [5, 5.41) is 14.0. The minimum absolute atomic E-state index is 0.0631. The van der Waals surface area contributed by atoms with Crippen molar-refractivity contribution in [2.24, 2.45) is 5.92 Å². The summed E-state index contributed by atoms with van der Waals surface area (Å²) >= 11 is 2.90. The van der Waals surface area contributed by atoms with Crippen molar-refractivity contribution < 1.29 is 9.59 Å². The van der Waals surface area contributed by atoms with Crippen LogP contribution in [0.5, 0.6) is 0 Å². The van der Waals surface area contributed by atoms with Crippen molar-refractivity contribution in [1.29, 1.82) is 0 Å². The lowest BCUT2D eigenvalue weighted by molar-refractivity contribution is -0.118. The molecule has 0 aliphatic heterocycles. The molecule has 6 nitrogen and oxygen atoms in total. The number of benzene rings is 1. The molecule has 0 saturated carbocycles. The van der Waals surface area contributed by atoms with Crippen LogP contribution in [-0.4, -0.2) is 33.8 Å². The average molecular weight is 379 g/mol. The van der Waals surface area contributed by atoms with Crippen molar-refractivity contribution in [3.05, 3.63) is 35.4 Å². The van der Waals surface area contributed by atoms with Gasteiger partial charge in [0.2, 0.25) is 11.0 Å². The van der Waals surface area contributed by atoms with Gasteiger partial charge in [0, 0.05) is 5.56 Å². The SMILES string of the molecule is CCSc1nnc(NC(=O)C(NC(=O)c2ccc(C)cc2)C(C)C)s1. The Morgan fingerprint density at radius 2 is 1.88 bits per heavy atom. The van der Waals surface area contributed by atoms with E-state index in [2.05, 4.69) is 20.8 Å². The Bertz CT molecular complexity index is 729. The van der Waals surface area contributed by atoms with Crippen LogP contribution in [0.2, 0.25) is 0 Å². The van der Waals surface area contributed by atoms with E-state index < -0.39 is 6.04 Å². The van der Waals surface area contributed by atoms with E-state index in [-0.39, 0.29) is 17.7 Å². The van der Waals surface area contributed by atoms with Crippen molar-refractivity contribution in [2.75, 3.05) is 11.1 Å². The minimum atomic E-state index is -0.653.